The average molecular weight is 414 g/mol. The van der Waals surface area contributed by atoms with Crippen LogP contribution < -0.4 is 5.32 Å². The van der Waals surface area contributed by atoms with Crippen LogP contribution in [0.1, 0.15) is 5.56 Å². The zero-order valence-corrected chi connectivity index (χ0v) is 15.6. The van der Waals surface area contributed by atoms with E-state index in [0.29, 0.717) is 32.6 Å². The number of hydrogen-bond donors (Lipinski definition) is 1. The van der Waals surface area contributed by atoms with E-state index < -0.39 is 0 Å². The van der Waals surface area contributed by atoms with Crippen molar-refractivity contribution in [1.82, 2.24) is 9.61 Å². The molecule has 2 aromatic heterocycles. The normalized spacial score (nSPS) is 10.3. The van der Waals surface area contributed by atoms with Gasteiger partial charge >= 0.3 is 0 Å². The number of para-hydroxylation sites is 1. The molecule has 0 radical (unpaired) electrons. The minimum atomic E-state index is 0.352. The quantitative estimate of drug-likeness (QED) is 0.423. The Morgan fingerprint density at radius 2 is 1.74 bits per heavy atom. The molecule has 4 aromatic rings. The summed E-state index contributed by atoms with van der Waals surface area (Å²) in [7, 11) is 0. The third-order valence-electron chi connectivity index (χ3n) is 4.21. The van der Waals surface area contributed by atoms with Crippen molar-refractivity contribution in [3.63, 3.8) is 0 Å². The molecule has 0 aliphatic carbocycles. The van der Waals surface area contributed by atoms with E-state index in [4.69, 9.17) is 6.57 Å². The molecule has 1 N–H and O–H groups in total. The molecule has 0 saturated heterocycles. The van der Waals surface area contributed by atoms with Crippen LogP contribution in [0.5, 0.6) is 0 Å². The van der Waals surface area contributed by atoms with E-state index in [1.807, 2.05) is 60.7 Å². The molecule has 2 aromatic carbocycles. The standard InChI is InChI=1S/C21H12BrN5/c1-24-19-18(14-8-4-2-5-9-14)16(12-23)20-17(22)13-25-27(20)21(19)26-15-10-6-3-7-11-15/h2-11,13,26H. The number of hydrogen-bond acceptors (Lipinski definition) is 3. The zero-order chi connectivity index (χ0) is 18.8. The second kappa shape index (κ2) is 6.95. The SMILES string of the molecule is [C-]#[N+]c1c(-c2ccccc2)c(C#N)c2c(Br)cnn2c1Nc1ccccc1. The number of fused-ring (bicyclic) bond motifs is 1. The number of nitriles is 1. The van der Waals surface area contributed by atoms with Crippen molar-refractivity contribution in [2.75, 3.05) is 5.32 Å². The van der Waals surface area contributed by atoms with Crippen LogP contribution in [0.3, 0.4) is 0 Å². The van der Waals surface area contributed by atoms with Gasteiger partial charge in [-0.2, -0.15) is 10.4 Å². The first-order chi connectivity index (χ1) is 13.2. The number of pyridine rings is 1. The second-order valence-corrected chi connectivity index (χ2v) is 6.64. The van der Waals surface area contributed by atoms with Crippen molar-refractivity contribution in [2.24, 2.45) is 0 Å². The van der Waals surface area contributed by atoms with Crippen LogP contribution in [-0.4, -0.2) is 9.61 Å². The molecule has 2 heterocycles. The fraction of sp³-hybridized carbons (Fsp3) is 0. The molecule has 0 aliphatic heterocycles. The lowest BCUT2D eigenvalue weighted by Crippen LogP contribution is -2.03. The van der Waals surface area contributed by atoms with Gasteiger partial charge in [0.05, 0.1) is 28.3 Å². The first kappa shape index (κ1) is 16.8. The van der Waals surface area contributed by atoms with Gasteiger partial charge in [-0.3, -0.25) is 0 Å². The summed E-state index contributed by atoms with van der Waals surface area (Å²) in [6, 6.07) is 21.3. The van der Waals surface area contributed by atoms with Crippen LogP contribution in [0.2, 0.25) is 0 Å². The van der Waals surface area contributed by atoms with E-state index in [1.54, 1.807) is 10.7 Å². The molecular formula is C21H12BrN5. The number of aromatic nitrogens is 2. The Hall–Kier alpha value is -3.61. The fourth-order valence-electron chi connectivity index (χ4n) is 3.05. The van der Waals surface area contributed by atoms with E-state index in [9.17, 15) is 5.26 Å². The minimum absolute atomic E-state index is 0.352. The van der Waals surface area contributed by atoms with Gasteiger partial charge < -0.3 is 5.32 Å². The predicted octanol–water partition coefficient (Wildman–Crippen LogP) is 5.93. The molecule has 0 fully saturated rings. The summed E-state index contributed by atoms with van der Waals surface area (Å²) in [5, 5.41) is 17.6. The Morgan fingerprint density at radius 1 is 1.07 bits per heavy atom. The first-order valence-corrected chi connectivity index (χ1v) is 8.92. The molecule has 27 heavy (non-hydrogen) atoms. The molecule has 128 valence electrons. The van der Waals surface area contributed by atoms with Crippen molar-refractivity contribution < 1.29 is 0 Å². The molecular weight excluding hydrogens is 402 g/mol. The Morgan fingerprint density at radius 3 is 2.37 bits per heavy atom. The highest BCUT2D eigenvalue weighted by molar-refractivity contribution is 9.10. The molecule has 5 nitrogen and oxygen atoms in total. The number of rotatable bonds is 3. The summed E-state index contributed by atoms with van der Waals surface area (Å²) in [6.45, 7) is 7.82. The number of benzene rings is 2. The van der Waals surface area contributed by atoms with E-state index >= 15 is 0 Å². The Balaban J connectivity index is 2.12. The molecule has 6 heteroatoms. The van der Waals surface area contributed by atoms with E-state index in [2.05, 4.69) is 37.3 Å². The number of halogens is 1. The minimum Gasteiger partial charge on any atom is -0.349 e. The number of nitrogens with one attached hydrogen (secondary N) is 1. The monoisotopic (exact) mass is 413 g/mol. The zero-order valence-electron chi connectivity index (χ0n) is 14.0. The maximum Gasteiger partial charge on any atom is 0.237 e. The van der Waals surface area contributed by atoms with Crippen LogP contribution >= 0.6 is 15.9 Å². The molecule has 0 atom stereocenters. The van der Waals surface area contributed by atoms with E-state index in [-0.39, 0.29) is 0 Å². The van der Waals surface area contributed by atoms with Gasteiger partial charge in [0, 0.05) is 11.3 Å². The van der Waals surface area contributed by atoms with Crippen molar-refractivity contribution in [3.8, 4) is 17.2 Å². The van der Waals surface area contributed by atoms with Crippen LogP contribution in [0.4, 0.5) is 17.2 Å². The topological polar surface area (TPSA) is 57.5 Å². The van der Waals surface area contributed by atoms with Gasteiger partial charge in [0.1, 0.15) is 11.9 Å². The first-order valence-electron chi connectivity index (χ1n) is 8.13. The van der Waals surface area contributed by atoms with E-state index in [0.717, 1.165) is 11.3 Å². The third kappa shape index (κ3) is 2.83. The number of anilines is 2. The Kier molecular flexibility index (Phi) is 4.33. The van der Waals surface area contributed by atoms with Crippen molar-refractivity contribution in [3.05, 3.63) is 88.3 Å². The largest absolute Gasteiger partial charge is 0.349 e. The van der Waals surface area contributed by atoms with Crippen LogP contribution in [0.25, 0.3) is 21.5 Å². The summed E-state index contributed by atoms with van der Waals surface area (Å²) >= 11 is 3.49. The molecule has 0 amide bonds. The fourth-order valence-corrected chi connectivity index (χ4v) is 3.51. The summed E-state index contributed by atoms with van der Waals surface area (Å²) in [6.07, 6.45) is 1.63. The van der Waals surface area contributed by atoms with Crippen LogP contribution in [0, 0.1) is 17.9 Å². The molecule has 0 unspecified atom stereocenters. The lowest BCUT2D eigenvalue weighted by molar-refractivity contribution is 0.970. The van der Waals surface area contributed by atoms with Gasteiger partial charge in [-0.1, -0.05) is 48.5 Å². The van der Waals surface area contributed by atoms with Gasteiger partial charge in [0.15, 0.2) is 0 Å². The molecule has 0 bridgehead atoms. The molecule has 0 spiro atoms. The molecule has 0 aliphatic rings. The summed E-state index contributed by atoms with van der Waals surface area (Å²) in [5.41, 5.74) is 3.63. The summed E-state index contributed by atoms with van der Waals surface area (Å²) in [4.78, 5) is 3.77. The summed E-state index contributed by atoms with van der Waals surface area (Å²) < 4.78 is 2.30. The Labute approximate surface area is 164 Å². The highest BCUT2D eigenvalue weighted by Crippen LogP contribution is 2.43. The highest BCUT2D eigenvalue weighted by atomic mass is 79.9. The maximum atomic E-state index is 9.89. The number of nitrogens with zero attached hydrogens (tertiary/aromatic N) is 4. The third-order valence-corrected chi connectivity index (χ3v) is 4.79. The lowest BCUT2D eigenvalue weighted by Gasteiger charge is -2.16. The van der Waals surface area contributed by atoms with Gasteiger partial charge in [0.2, 0.25) is 5.69 Å². The van der Waals surface area contributed by atoms with Gasteiger partial charge in [-0.05, 0) is 33.6 Å². The smallest absolute Gasteiger partial charge is 0.237 e. The lowest BCUT2D eigenvalue weighted by atomic mass is 9.98. The van der Waals surface area contributed by atoms with Crippen molar-refractivity contribution in [1.29, 1.82) is 5.26 Å². The summed E-state index contributed by atoms with van der Waals surface area (Å²) in [5.74, 6) is 0.523. The molecule has 4 rings (SSSR count). The predicted molar refractivity (Wildman–Crippen MR) is 109 cm³/mol. The highest BCUT2D eigenvalue weighted by Gasteiger charge is 2.23. The van der Waals surface area contributed by atoms with Gasteiger partial charge in [-0.25, -0.2) is 9.36 Å². The molecule has 0 saturated carbocycles. The van der Waals surface area contributed by atoms with Crippen molar-refractivity contribution in [2.45, 2.75) is 0 Å². The van der Waals surface area contributed by atoms with E-state index in [1.165, 1.54) is 0 Å². The van der Waals surface area contributed by atoms with Crippen LogP contribution in [0.15, 0.2) is 71.3 Å². The average Bonchev–Trinajstić information content (AvgIpc) is 3.10. The Bertz CT molecular complexity index is 1220. The van der Waals surface area contributed by atoms with Crippen LogP contribution in [-0.2, 0) is 0 Å². The van der Waals surface area contributed by atoms with Gasteiger partial charge in [0.25, 0.3) is 0 Å². The van der Waals surface area contributed by atoms with Crippen molar-refractivity contribution >= 4 is 38.6 Å². The van der Waals surface area contributed by atoms with Gasteiger partial charge in [-0.15, -0.1) is 0 Å². The second-order valence-electron chi connectivity index (χ2n) is 5.78. The maximum absolute atomic E-state index is 9.89.